The molecule has 2 aliphatic rings. The first kappa shape index (κ1) is 18.3. The highest BCUT2D eigenvalue weighted by Crippen LogP contribution is 2.33. The molecule has 0 radical (unpaired) electrons. The molecule has 0 spiro atoms. The van der Waals surface area contributed by atoms with Crippen molar-refractivity contribution in [1.82, 2.24) is 5.01 Å². The molecule has 2 atom stereocenters. The summed E-state index contributed by atoms with van der Waals surface area (Å²) in [5.74, 6) is -0.561. The van der Waals surface area contributed by atoms with E-state index in [9.17, 15) is 9.59 Å². The topological polar surface area (TPSA) is 65.3 Å². The Balaban J connectivity index is 1.61. The van der Waals surface area contributed by atoms with Crippen molar-refractivity contribution in [3.8, 4) is 0 Å². The minimum Gasteiger partial charge on any atom is -0.271 e. The van der Waals surface area contributed by atoms with Gasteiger partial charge in [-0.2, -0.15) is 5.11 Å². The fraction of sp³-hybridized carbons (Fsp3) is 0.364. The molecule has 2 aromatic carbocycles. The lowest BCUT2D eigenvalue weighted by atomic mass is 9.99. The van der Waals surface area contributed by atoms with E-state index >= 15 is 0 Å². The highest BCUT2D eigenvalue weighted by atomic mass is 16.2. The van der Waals surface area contributed by atoms with E-state index in [0.717, 1.165) is 28.7 Å². The molecule has 0 N–H and O–H groups in total. The summed E-state index contributed by atoms with van der Waals surface area (Å²) in [4.78, 5) is 27.2. The third kappa shape index (κ3) is 2.89. The van der Waals surface area contributed by atoms with Crippen LogP contribution < -0.4 is 4.90 Å². The fourth-order valence-corrected chi connectivity index (χ4v) is 4.11. The summed E-state index contributed by atoms with van der Waals surface area (Å²) < 4.78 is 0. The van der Waals surface area contributed by atoms with Crippen LogP contribution in [0.3, 0.4) is 0 Å². The van der Waals surface area contributed by atoms with E-state index in [2.05, 4.69) is 50.2 Å². The van der Waals surface area contributed by atoms with Gasteiger partial charge >= 0.3 is 0 Å². The van der Waals surface area contributed by atoms with Crippen molar-refractivity contribution in [2.75, 3.05) is 4.90 Å². The van der Waals surface area contributed by atoms with Crippen molar-refractivity contribution in [2.45, 2.75) is 52.7 Å². The number of aryl methyl sites for hydroxylation is 4. The maximum Gasteiger partial charge on any atom is 0.263 e. The van der Waals surface area contributed by atoms with Crippen LogP contribution >= 0.6 is 0 Å². The second-order valence-corrected chi connectivity index (χ2v) is 7.60. The summed E-state index contributed by atoms with van der Waals surface area (Å²) in [7, 11) is 0. The van der Waals surface area contributed by atoms with Gasteiger partial charge in [-0.25, -0.2) is 4.90 Å². The Morgan fingerprint density at radius 3 is 2.21 bits per heavy atom. The van der Waals surface area contributed by atoms with Gasteiger partial charge in [-0.3, -0.25) is 14.6 Å². The first-order valence-corrected chi connectivity index (χ1v) is 9.61. The monoisotopic (exact) mass is 376 g/mol. The number of carbonyl (C=O) groups is 2. The number of imide groups is 1. The van der Waals surface area contributed by atoms with Crippen LogP contribution in [-0.4, -0.2) is 28.9 Å². The molecule has 1 saturated heterocycles. The number of benzene rings is 2. The molecule has 0 aromatic heterocycles. The predicted octanol–water partition coefficient (Wildman–Crippen LogP) is 3.67. The van der Waals surface area contributed by atoms with Crippen molar-refractivity contribution in [3.63, 3.8) is 0 Å². The van der Waals surface area contributed by atoms with Crippen LogP contribution in [0.2, 0.25) is 0 Å². The summed E-state index contributed by atoms with van der Waals surface area (Å²) in [6, 6.07) is 10.4. The van der Waals surface area contributed by atoms with Crippen molar-refractivity contribution in [1.29, 1.82) is 0 Å². The van der Waals surface area contributed by atoms with Gasteiger partial charge in [0.1, 0.15) is 0 Å². The van der Waals surface area contributed by atoms with Gasteiger partial charge in [-0.05, 0) is 61.6 Å². The minimum absolute atomic E-state index is 0.258. The molecular formula is C22H24N4O2. The highest BCUT2D eigenvalue weighted by Gasteiger charge is 2.54. The molecular weight excluding hydrogens is 352 g/mol. The van der Waals surface area contributed by atoms with E-state index in [-0.39, 0.29) is 11.8 Å². The molecule has 2 heterocycles. The normalized spacial score (nSPS) is 21.0. The van der Waals surface area contributed by atoms with Gasteiger partial charge in [0.2, 0.25) is 0 Å². The predicted molar refractivity (Wildman–Crippen MR) is 107 cm³/mol. The second-order valence-electron chi connectivity index (χ2n) is 7.60. The molecule has 0 aliphatic carbocycles. The Bertz CT molecular complexity index is 958. The van der Waals surface area contributed by atoms with Crippen molar-refractivity contribution in [2.24, 2.45) is 10.3 Å². The molecule has 1 fully saturated rings. The van der Waals surface area contributed by atoms with Crippen molar-refractivity contribution >= 4 is 17.5 Å². The maximum absolute atomic E-state index is 13.1. The molecule has 2 aliphatic heterocycles. The van der Waals surface area contributed by atoms with Gasteiger partial charge in [0.15, 0.2) is 12.1 Å². The van der Waals surface area contributed by atoms with Gasteiger partial charge < -0.3 is 0 Å². The van der Waals surface area contributed by atoms with Gasteiger partial charge in [0.25, 0.3) is 11.8 Å². The first-order chi connectivity index (χ1) is 13.4. The number of carbonyl (C=O) groups excluding carboxylic acids is 2. The fourth-order valence-electron chi connectivity index (χ4n) is 4.11. The van der Waals surface area contributed by atoms with E-state index in [1.165, 1.54) is 10.5 Å². The van der Waals surface area contributed by atoms with Crippen LogP contribution in [0.4, 0.5) is 5.69 Å². The average Bonchev–Trinajstić information content (AvgIpc) is 3.18. The quantitative estimate of drug-likeness (QED) is 0.765. The number of hydrogen-bond acceptors (Lipinski definition) is 5. The van der Waals surface area contributed by atoms with Gasteiger partial charge in [0.05, 0.1) is 12.2 Å². The Labute approximate surface area is 164 Å². The lowest BCUT2D eigenvalue weighted by Crippen LogP contribution is -2.39. The van der Waals surface area contributed by atoms with E-state index in [4.69, 9.17) is 0 Å². The zero-order valence-electron chi connectivity index (χ0n) is 16.6. The maximum atomic E-state index is 13.1. The number of fused-ring (bicyclic) bond motifs is 1. The molecule has 2 amide bonds. The Morgan fingerprint density at radius 2 is 1.61 bits per heavy atom. The number of amides is 2. The third-order valence-corrected chi connectivity index (χ3v) is 5.62. The summed E-state index contributed by atoms with van der Waals surface area (Å²) in [5.41, 5.74) is 6.39. The van der Waals surface area contributed by atoms with E-state index in [1.807, 2.05) is 24.3 Å². The summed E-state index contributed by atoms with van der Waals surface area (Å²) in [6.07, 6.45) is 0.907. The minimum atomic E-state index is -0.760. The molecule has 28 heavy (non-hydrogen) atoms. The van der Waals surface area contributed by atoms with Crippen LogP contribution in [0.15, 0.2) is 46.7 Å². The van der Waals surface area contributed by atoms with E-state index in [0.29, 0.717) is 12.2 Å². The standard InChI is InChI=1S/C22H24N4O2/c1-5-16-6-8-17(9-7-16)26-21(27)19-20(22(26)28)25(24-23-19)12-18-14(3)10-13(2)11-15(18)4/h6-11,19-20H,5,12H2,1-4H3/t19-,20-/m1/s1. The van der Waals surface area contributed by atoms with Crippen LogP contribution in [0.25, 0.3) is 0 Å². The van der Waals surface area contributed by atoms with Crippen molar-refractivity contribution in [3.05, 3.63) is 64.2 Å². The van der Waals surface area contributed by atoms with Crippen molar-refractivity contribution < 1.29 is 9.59 Å². The number of nitrogens with zero attached hydrogens (tertiary/aromatic N) is 4. The van der Waals surface area contributed by atoms with Crippen LogP contribution in [0.5, 0.6) is 0 Å². The molecule has 2 aromatic rings. The Hall–Kier alpha value is -3.02. The Kier molecular flexibility index (Phi) is 4.49. The largest absolute Gasteiger partial charge is 0.271 e. The molecule has 0 unspecified atom stereocenters. The smallest absolute Gasteiger partial charge is 0.263 e. The third-order valence-electron chi connectivity index (χ3n) is 5.62. The lowest BCUT2D eigenvalue weighted by molar-refractivity contribution is -0.123. The summed E-state index contributed by atoms with van der Waals surface area (Å²) in [6.45, 7) is 8.71. The molecule has 6 nitrogen and oxygen atoms in total. The first-order valence-electron chi connectivity index (χ1n) is 9.61. The molecule has 0 saturated carbocycles. The number of anilines is 1. The molecule has 6 heteroatoms. The zero-order valence-corrected chi connectivity index (χ0v) is 16.6. The van der Waals surface area contributed by atoms with Gasteiger partial charge in [-0.15, -0.1) is 0 Å². The SMILES string of the molecule is CCc1ccc(N2C(=O)[C@@H]3N=NN(Cc4c(C)cc(C)cc4C)[C@H]3C2=O)cc1. The summed E-state index contributed by atoms with van der Waals surface area (Å²) >= 11 is 0. The van der Waals surface area contributed by atoms with Crippen LogP contribution in [-0.2, 0) is 22.6 Å². The summed E-state index contributed by atoms with van der Waals surface area (Å²) in [5, 5.41) is 9.96. The van der Waals surface area contributed by atoms with Crippen LogP contribution in [0, 0.1) is 20.8 Å². The van der Waals surface area contributed by atoms with Gasteiger partial charge in [0, 0.05) is 0 Å². The average molecular weight is 376 g/mol. The number of rotatable bonds is 4. The Morgan fingerprint density at radius 1 is 0.964 bits per heavy atom. The number of hydrogen-bond donors (Lipinski definition) is 0. The van der Waals surface area contributed by atoms with E-state index in [1.54, 1.807) is 5.01 Å². The van der Waals surface area contributed by atoms with Gasteiger partial charge in [-0.1, -0.05) is 42.0 Å². The zero-order chi connectivity index (χ0) is 20.0. The second kappa shape index (κ2) is 6.86. The molecule has 144 valence electrons. The van der Waals surface area contributed by atoms with Crippen LogP contribution in [0.1, 0.15) is 34.7 Å². The highest BCUT2D eigenvalue weighted by molar-refractivity contribution is 6.25. The molecule has 4 rings (SSSR count). The lowest BCUT2D eigenvalue weighted by Gasteiger charge is -2.22. The van der Waals surface area contributed by atoms with E-state index < -0.39 is 12.1 Å². The molecule has 0 bridgehead atoms.